The third-order valence-corrected chi connectivity index (χ3v) is 3.73. The van der Waals surface area contributed by atoms with Gasteiger partial charge in [-0.3, -0.25) is 4.79 Å². The van der Waals surface area contributed by atoms with Crippen LogP contribution in [-0.2, 0) is 22.2 Å². The first-order valence-corrected chi connectivity index (χ1v) is 8.22. The predicted octanol–water partition coefficient (Wildman–Crippen LogP) is 4.12. The van der Waals surface area contributed by atoms with Crippen LogP contribution in [0.25, 0.3) is 0 Å². The second-order valence-electron chi connectivity index (χ2n) is 8.21. The Morgan fingerprint density at radius 3 is 2.16 bits per heavy atom. The molecule has 2 aromatic rings. The van der Waals surface area contributed by atoms with Crippen molar-refractivity contribution in [2.45, 2.75) is 58.9 Å². The molecule has 138 valence electrons. The molecule has 0 bridgehead atoms. The summed E-state index contributed by atoms with van der Waals surface area (Å²) in [5, 5.41) is 7.71. The molecule has 1 amide bonds. The largest absolute Gasteiger partial charge is 0.399 e. The number of nitrogens with two attached hydrogens (primary N) is 1. The van der Waals surface area contributed by atoms with Gasteiger partial charge in [0.05, 0.1) is 17.7 Å². The smallest absolute Gasteiger partial charge is 0.229 e. The molecule has 0 atom stereocenters. The molecule has 6 heteroatoms. The molecule has 1 aromatic heterocycles. The molecule has 0 aliphatic heterocycles. The van der Waals surface area contributed by atoms with Crippen LogP contribution in [0, 0.1) is 0 Å². The van der Waals surface area contributed by atoms with Crippen LogP contribution in [0.2, 0.25) is 0 Å². The standard InChI is InChI=1S/C19H28N4O.ClH/c1-18(2,3)15-12-16(23(22-15)19(4,5)6)21-17(24)11-13-7-9-14(20)10-8-13;/h7-10,12H,11,20H2,1-6H3,(H,21,24);1H. The Bertz CT molecular complexity index is 721. The van der Waals surface area contributed by atoms with Crippen molar-refractivity contribution in [3.8, 4) is 0 Å². The fourth-order valence-corrected chi connectivity index (χ4v) is 2.36. The highest BCUT2D eigenvalue weighted by Crippen LogP contribution is 2.28. The molecule has 0 fully saturated rings. The van der Waals surface area contributed by atoms with Crippen molar-refractivity contribution >= 4 is 29.8 Å². The predicted molar refractivity (Wildman–Crippen MR) is 106 cm³/mol. The van der Waals surface area contributed by atoms with E-state index < -0.39 is 0 Å². The van der Waals surface area contributed by atoms with Gasteiger partial charge >= 0.3 is 0 Å². The van der Waals surface area contributed by atoms with Crippen LogP contribution in [0.3, 0.4) is 0 Å². The van der Waals surface area contributed by atoms with Gasteiger partial charge in [0, 0.05) is 17.2 Å². The SMILES string of the molecule is CC(C)(C)c1cc(NC(=O)Cc2ccc(N)cc2)n(C(C)(C)C)n1.Cl. The Balaban J connectivity index is 0.00000312. The normalized spacial score (nSPS) is 11.8. The summed E-state index contributed by atoms with van der Waals surface area (Å²) in [6.07, 6.45) is 0.306. The molecular formula is C19H29ClN4O. The van der Waals surface area contributed by atoms with Crippen molar-refractivity contribution in [1.82, 2.24) is 9.78 Å². The summed E-state index contributed by atoms with van der Waals surface area (Å²) in [5.41, 5.74) is 7.97. The molecular weight excluding hydrogens is 336 g/mol. The minimum Gasteiger partial charge on any atom is -0.399 e. The molecule has 0 saturated carbocycles. The Kier molecular flexibility index (Phi) is 6.29. The van der Waals surface area contributed by atoms with Crippen LogP contribution >= 0.6 is 12.4 Å². The van der Waals surface area contributed by atoms with E-state index in [9.17, 15) is 4.79 Å². The summed E-state index contributed by atoms with van der Waals surface area (Å²) in [6.45, 7) is 12.6. The highest BCUT2D eigenvalue weighted by molar-refractivity contribution is 5.91. The molecule has 0 spiro atoms. The Hall–Kier alpha value is -2.01. The monoisotopic (exact) mass is 364 g/mol. The van der Waals surface area contributed by atoms with Gasteiger partial charge in [-0.1, -0.05) is 32.9 Å². The third kappa shape index (κ3) is 5.49. The molecule has 1 aromatic carbocycles. The van der Waals surface area contributed by atoms with E-state index in [-0.39, 0.29) is 29.3 Å². The van der Waals surface area contributed by atoms with E-state index in [0.717, 1.165) is 17.1 Å². The number of nitrogens with one attached hydrogen (secondary N) is 1. The van der Waals surface area contributed by atoms with Gasteiger partial charge in [0.2, 0.25) is 5.91 Å². The quantitative estimate of drug-likeness (QED) is 0.804. The molecule has 0 saturated heterocycles. The number of carbonyl (C=O) groups is 1. The highest BCUT2D eigenvalue weighted by Gasteiger charge is 2.25. The minimum absolute atomic E-state index is 0. The van der Waals surface area contributed by atoms with E-state index in [4.69, 9.17) is 10.8 Å². The summed E-state index contributed by atoms with van der Waals surface area (Å²) in [5.74, 6) is 0.665. The number of hydrogen-bond donors (Lipinski definition) is 2. The second-order valence-corrected chi connectivity index (χ2v) is 8.21. The molecule has 0 radical (unpaired) electrons. The van der Waals surface area contributed by atoms with Crippen molar-refractivity contribution in [3.05, 3.63) is 41.6 Å². The van der Waals surface area contributed by atoms with Gasteiger partial charge in [-0.2, -0.15) is 5.10 Å². The Morgan fingerprint density at radius 2 is 1.68 bits per heavy atom. The number of nitrogen functional groups attached to an aromatic ring is 1. The van der Waals surface area contributed by atoms with E-state index in [1.807, 2.05) is 22.9 Å². The van der Waals surface area contributed by atoms with E-state index in [1.54, 1.807) is 12.1 Å². The van der Waals surface area contributed by atoms with Crippen LogP contribution in [0.4, 0.5) is 11.5 Å². The van der Waals surface area contributed by atoms with Crippen LogP contribution < -0.4 is 11.1 Å². The number of hydrogen-bond acceptors (Lipinski definition) is 3. The molecule has 0 aliphatic rings. The molecule has 0 aliphatic carbocycles. The Morgan fingerprint density at radius 1 is 1.12 bits per heavy atom. The van der Waals surface area contributed by atoms with Crippen molar-refractivity contribution < 1.29 is 4.79 Å². The van der Waals surface area contributed by atoms with E-state index in [2.05, 4.69) is 46.9 Å². The van der Waals surface area contributed by atoms with Crippen LogP contribution in [-0.4, -0.2) is 15.7 Å². The average Bonchev–Trinajstić information content (AvgIpc) is 2.85. The second kappa shape index (κ2) is 7.48. The first kappa shape index (κ1) is 21.0. The van der Waals surface area contributed by atoms with Crippen molar-refractivity contribution in [2.24, 2.45) is 0 Å². The molecule has 2 rings (SSSR count). The minimum atomic E-state index is -0.215. The molecule has 25 heavy (non-hydrogen) atoms. The lowest BCUT2D eigenvalue weighted by molar-refractivity contribution is -0.115. The topological polar surface area (TPSA) is 72.9 Å². The van der Waals surface area contributed by atoms with Crippen LogP contribution in [0.1, 0.15) is 52.8 Å². The van der Waals surface area contributed by atoms with Crippen molar-refractivity contribution in [3.63, 3.8) is 0 Å². The number of nitrogens with zero attached hydrogens (tertiary/aromatic N) is 2. The van der Waals surface area contributed by atoms with E-state index >= 15 is 0 Å². The van der Waals surface area contributed by atoms with Gasteiger partial charge in [-0.25, -0.2) is 4.68 Å². The fourth-order valence-electron chi connectivity index (χ4n) is 2.36. The molecule has 0 unspecified atom stereocenters. The molecule has 1 heterocycles. The number of aromatic nitrogens is 2. The zero-order valence-corrected chi connectivity index (χ0v) is 16.7. The third-order valence-electron chi connectivity index (χ3n) is 3.73. The fraction of sp³-hybridized carbons (Fsp3) is 0.474. The summed E-state index contributed by atoms with van der Waals surface area (Å²) in [6, 6.07) is 9.32. The van der Waals surface area contributed by atoms with Gasteiger partial charge in [-0.05, 0) is 38.5 Å². The number of carbonyl (C=O) groups excluding carboxylic acids is 1. The lowest BCUT2D eigenvalue weighted by Gasteiger charge is -2.23. The molecule has 3 N–H and O–H groups in total. The zero-order valence-electron chi connectivity index (χ0n) is 15.9. The first-order chi connectivity index (χ1) is 11.0. The van der Waals surface area contributed by atoms with Crippen LogP contribution in [0.5, 0.6) is 0 Å². The summed E-state index contributed by atoms with van der Waals surface area (Å²) in [7, 11) is 0. The van der Waals surface area contributed by atoms with Gasteiger partial charge in [0.1, 0.15) is 5.82 Å². The number of amides is 1. The number of halogens is 1. The highest BCUT2D eigenvalue weighted by atomic mass is 35.5. The Labute approximate surface area is 156 Å². The van der Waals surface area contributed by atoms with Crippen molar-refractivity contribution in [1.29, 1.82) is 0 Å². The summed E-state index contributed by atoms with van der Waals surface area (Å²) >= 11 is 0. The number of anilines is 2. The van der Waals surface area contributed by atoms with Gasteiger partial charge in [0.15, 0.2) is 0 Å². The maximum Gasteiger partial charge on any atom is 0.229 e. The maximum atomic E-state index is 12.4. The summed E-state index contributed by atoms with van der Waals surface area (Å²) in [4.78, 5) is 12.4. The van der Waals surface area contributed by atoms with Crippen LogP contribution in [0.15, 0.2) is 30.3 Å². The maximum absolute atomic E-state index is 12.4. The molecule has 5 nitrogen and oxygen atoms in total. The average molecular weight is 365 g/mol. The van der Waals surface area contributed by atoms with Gasteiger partial charge < -0.3 is 11.1 Å². The van der Waals surface area contributed by atoms with Crippen molar-refractivity contribution in [2.75, 3.05) is 11.1 Å². The van der Waals surface area contributed by atoms with E-state index in [1.165, 1.54) is 0 Å². The number of benzene rings is 1. The van der Waals surface area contributed by atoms with Gasteiger partial charge in [0.25, 0.3) is 0 Å². The zero-order chi connectivity index (χ0) is 18.1. The lowest BCUT2D eigenvalue weighted by atomic mass is 9.92. The number of rotatable bonds is 3. The lowest BCUT2D eigenvalue weighted by Crippen LogP contribution is -2.27. The van der Waals surface area contributed by atoms with E-state index in [0.29, 0.717) is 12.1 Å². The van der Waals surface area contributed by atoms with Gasteiger partial charge in [-0.15, -0.1) is 12.4 Å². The first-order valence-electron chi connectivity index (χ1n) is 8.22. The summed E-state index contributed by atoms with van der Waals surface area (Å²) < 4.78 is 1.88.